The van der Waals surface area contributed by atoms with E-state index in [4.69, 9.17) is 23.2 Å². The van der Waals surface area contributed by atoms with E-state index in [9.17, 15) is 27.3 Å². The van der Waals surface area contributed by atoms with Gasteiger partial charge in [0.25, 0.3) is 0 Å². The van der Waals surface area contributed by atoms with Crippen LogP contribution >= 0.6 is 39.1 Å². The molecule has 0 aliphatic rings. The van der Waals surface area contributed by atoms with Crippen molar-refractivity contribution in [1.82, 2.24) is 5.32 Å². The molecule has 0 radical (unpaired) electrons. The van der Waals surface area contributed by atoms with E-state index in [1.165, 1.54) is 24.5 Å². The first-order chi connectivity index (χ1) is 14.3. The van der Waals surface area contributed by atoms with Crippen molar-refractivity contribution in [2.24, 2.45) is 0 Å². The van der Waals surface area contributed by atoms with Gasteiger partial charge in [-0.25, -0.2) is 0 Å². The second kappa shape index (κ2) is 10.5. The van der Waals surface area contributed by atoms with Crippen molar-refractivity contribution >= 4 is 61.5 Å². The number of hydrogen-bond acceptors (Lipinski definition) is 4. The molecule has 2 rings (SSSR count). The zero-order valence-electron chi connectivity index (χ0n) is 16.0. The van der Waals surface area contributed by atoms with Crippen molar-refractivity contribution < 1.29 is 27.3 Å². The third-order valence-electron chi connectivity index (χ3n) is 4.22. The van der Waals surface area contributed by atoms with Crippen LogP contribution < -0.4 is 10.6 Å². The summed E-state index contributed by atoms with van der Waals surface area (Å²) in [6.45, 7) is -0.748. The number of alkyl halides is 3. The third kappa shape index (κ3) is 7.08. The van der Waals surface area contributed by atoms with Crippen molar-refractivity contribution in [3.8, 4) is 0 Å². The molecule has 0 spiro atoms. The number of aliphatic hydroxyl groups is 1. The van der Waals surface area contributed by atoms with Gasteiger partial charge in [0, 0.05) is 43.8 Å². The first-order valence-corrected chi connectivity index (χ1v) is 11.9. The highest BCUT2D eigenvalue weighted by Crippen LogP contribution is 2.41. The SMILES string of the molecule is C[S@@](=O)CC(=O)NCc1ccc(NC[C@](O)(c2cc(Cl)cc(Cl)c2)C(F)(F)F)cc1Br. The largest absolute Gasteiger partial charge is 0.423 e. The molecular weight excluding hydrogens is 544 g/mol. The fraction of sp³-hybridized carbons (Fsp3) is 0.316. The van der Waals surface area contributed by atoms with Crippen LogP contribution in [0.25, 0.3) is 0 Å². The van der Waals surface area contributed by atoms with E-state index in [1.54, 1.807) is 6.07 Å². The number of benzene rings is 2. The maximum atomic E-state index is 13.7. The van der Waals surface area contributed by atoms with Gasteiger partial charge in [0.15, 0.2) is 0 Å². The summed E-state index contributed by atoms with van der Waals surface area (Å²) in [5, 5.41) is 15.6. The number of anilines is 1. The molecule has 0 fully saturated rings. The van der Waals surface area contributed by atoms with E-state index in [2.05, 4.69) is 26.6 Å². The van der Waals surface area contributed by atoms with E-state index in [0.717, 1.165) is 12.1 Å². The molecule has 12 heteroatoms. The Labute approximate surface area is 197 Å². The second-order valence-electron chi connectivity index (χ2n) is 6.67. The fourth-order valence-electron chi connectivity index (χ4n) is 2.62. The van der Waals surface area contributed by atoms with Crippen molar-refractivity contribution in [1.29, 1.82) is 0 Å². The lowest BCUT2D eigenvalue weighted by molar-refractivity contribution is -0.260. The second-order valence-corrected chi connectivity index (χ2v) is 9.83. The lowest BCUT2D eigenvalue weighted by Crippen LogP contribution is -2.47. The van der Waals surface area contributed by atoms with Gasteiger partial charge in [0.05, 0.1) is 6.54 Å². The predicted molar refractivity (Wildman–Crippen MR) is 120 cm³/mol. The van der Waals surface area contributed by atoms with E-state index in [-0.39, 0.29) is 28.3 Å². The average Bonchev–Trinajstić information content (AvgIpc) is 2.63. The minimum atomic E-state index is -5.01. The lowest BCUT2D eigenvalue weighted by atomic mass is 9.92. The average molecular weight is 562 g/mol. The number of hydrogen-bond donors (Lipinski definition) is 3. The van der Waals surface area contributed by atoms with Crippen molar-refractivity contribution in [3.05, 3.63) is 62.0 Å². The van der Waals surface area contributed by atoms with Crippen LogP contribution in [0.1, 0.15) is 11.1 Å². The van der Waals surface area contributed by atoms with E-state index >= 15 is 0 Å². The van der Waals surface area contributed by atoms with Crippen LogP contribution in [-0.4, -0.2) is 40.0 Å². The van der Waals surface area contributed by atoms with Crippen LogP contribution in [0.4, 0.5) is 18.9 Å². The quantitative estimate of drug-likeness (QED) is 0.440. The Morgan fingerprint density at radius 2 is 1.77 bits per heavy atom. The van der Waals surface area contributed by atoms with Crippen LogP contribution in [0.15, 0.2) is 40.9 Å². The Morgan fingerprint density at radius 1 is 1.16 bits per heavy atom. The van der Waals surface area contributed by atoms with Crippen LogP contribution in [-0.2, 0) is 27.7 Å². The summed E-state index contributed by atoms with van der Waals surface area (Å²) in [5.41, 5.74) is -2.77. The number of halogens is 6. The minimum Gasteiger partial charge on any atom is -0.381 e. The highest BCUT2D eigenvalue weighted by molar-refractivity contribution is 9.10. The summed E-state index contributed by atoms with van der Waals surface area (Å²) < 4.78 is 52.7. The summed E-state index contributed by atoms with van der Waals surface area (Å²) in [5.74, 6) is -0.508. The van der Waals surface area contributed by atoms with E-state index in [0.29, 0.717) is 15.7 Å². The maximum absolute atomic E-state index is 13.7. The molecule has 0 saturated carbocycles. The number of rotatable bonds is 8. The Balaban J connectivity index is 2.16. The molecule has 2 aromatic rings. The van der Waals surface area contributed by atoms with Gasteiger partial charge >= 0.3 is 6.18 Å². The number of nitrogens with one attached hydrogen (secondary N) is 2. The molecule has 0 aliphatic heterocycles. The molecule has 0 aromatic heterocycles. The first-order valence-electron chi connectivity index (χ1n) is 8.66. The molecule has 1 amide bonds. The van der Waals surface area contributed by atoms with Crippen LogP contribution in [0.3, 0.4) is 0 Å². The molecule has 0 aliphatic carbocycles. The van der Waals surface area contributed by atoms with Gasteiger partial charge in [-0.05, 0) is 41.5 Å². The third-order valence-corrected chi connectivity index (χ3v) is 6.06. The van der Waals surface area contributed by atoms with Crippen molar-refractivity contribution in [3.63, 3.8) is 0 Å². The van der Waals surface area contributed by atoms with Gasteiger partial charge in [0.2, 0.25) is 11.5 Å². The normalized spacial score (nSPS) is 14.6. The lowest BCUT2D eigenvalue weighted by Gasteiger charge is -2.32. The Bertz CT molecular complexity index is 974. The topological polar surface area (TPSA) is 78.4 Å². The molecular formula is C19H18BrCl2F3N2O3S. The Morgan fingerprint density at radius 3 is 2.29 bits per heavy atom. The molecule has 0 heterocycles. The molecule has 5 nitrogen and oxygen atoms in total. The summed E-state index contributed by atoms with van der Waals surface area (Å²) in [4.78, 5) is 11.6. The zero-order chi connectivity index (χ0) is 23.4. The Kier molecular flexibility index (Phi) is 8.80. The Hall–Kier alpha value is -1.33. The van der Waals surface area contributed by atoms with Gasteiger partial charge in [-0.1, -0.05) is 45.2 Å². The number of amides is 1. The number of carbonyl (C=O) groups excluding carboxylic acids is 1. The highest BCUT2D eigenvalue weighted by atomic mass is 79.9. The summed E-state index contributed by atoms with van der Waals surface area (Å²) in [6.07, 6.45) is -3.59. The predicted octanol–water partition coefficient (Wildman–Crippen LogP) is 4.61. The van der Waals surface area contributed by atoms with Gasteiger partial charge in [-0.15, -0.1) is 0 Å². The number of carbonyl (C=O) groups is 1. The van der Waals surface area contributed by atoms with Crippen LogP contribution in [0, 0.1) is 0 Å². The highest BCUT2D eigenvalue weighted by Gasteiger charge is 2.55. The van der Waals surface area contributed by atoms with Gasteiger partial charge in [-0.3, -0.25) is 9.00 Å². The smallest absolute Gasteiger partial charge is 0.381 e. The molecule has 3 N–H and O–H groups in total. The zero-order valence-corrected chi connectivity index (χ0v) is 19.9. The molecule has 2 aromatic carbocycles. The molecule has 0 bridgehead atoms. The molecule has 0 unspecified atom stereocenters. The first kappa shape index (κ1) is 25.9. The van der Waals surface area contributed by atoms with Crippen LogP contribution in [0.2, 0.25) is 10.0 Å². The van der Waals surface area contributed by atoms with Crippen molar-refractivity contribution in [2.75, 3.05) is 23.9 Å². The molecule has 2 atom stereocenters. The molecule has 31 heavy (non-hydrogen) atoms. The monoisotopic (exact) mass is 560 g/mol. The van der Waals surface area contributed by atoms with Gasteiger partial charge < -0.3 is 15.7 Å². The van der Waals surface area contributed by atoms with Crippen molar-refractivity contribution in [2.45, 2.75) is 18.3 Å². The minimum absolute atomic E-state index is 0.0359. The standard InChI is InChI=1S/C19H18BrCl2F3N2O3S/c1-31(30)9-17(28)26-8-11-2-3-15(7-16(11)20)27-10-18(29,19(23,24)25)12-4-13(21)6-14(22)5-12/h2-7,27,29H,8-10H2,1H3,(H,26,28)/t18-,31+/m0/s1. The van der Waals surface area contributed by atoms with E-state index < -0.39 is 34.7 Å². The fourth-order valence-corrected chi connectivity index (χ4v) is 4.13. The maximum Gasteiger partial charge on any atom is 0.423 e. The molecule has 0 saturated heterocycles. The van der Waals surface area contributed by atoms with Gasteiger partial charge in [0.1, 0.15) is 5.75 Å². The summed E-state index contributed by atoms with van der Waals surface area (Å²) >= 11 is 14.9. The van der Waals surface area contributed by atoms with Crippen LogP contribution in [0.5, 0.6) is 0 Å². The van der Waals surface area contributed by atoms with E-state index in [1.807, 2.05) is 0 Å². The summed E-state index contributed by atoms with van der Waals surface area (Å²) in [6, 6.07) is 7.90. The molecule has 170 valence electrons. The van der Waals surface area contributed by atoms with Gasteiger partial charge in [-0.2, -0.15) is 13.2 Å². The summed E-state index contributed by atoms with van der Waals surface area (Å²) in [7, 11) is -1.27.